The summed E-state index contributed by atoms with van der Waals surface area (Å²) in [6, 6.07) is 7.77. The van der Waals surface area contributed by atoms with Gasteiger partial charge in [-0.2, -0.15) is 5.10 Å². The van der Waals surface area contributed by atoms with E-state index >= 15 is 0 Å². The van der Waals surface area contributed by atoms with Crippen LogP contribution in [0.5, 0.6) is 0 Å². The SMILES string of the molecule is CCCn1nc(-c2ccc(C)cc2C)cc(C(C)N)c1=O. The Morgan fingerprint density at radius 3 is 2.57 bits per heavy atom. The maximum atomic E-state index is 12.3. The summed E-state index contributed by atoms with van der Waals surface area (Å²) in [6.07, 6.45) is 0.863. The zero-order valence-corrected chi connectivity index (χ0v) is 13.2. The third kappa shape index (κ3) is 3.22. The summed E-state index contributed by atoms with van der Waals surface area (Å²) < 4.78 is 1.54. The second-order valence-corrected chi connectivity index (χ2v) is 5.62. The highest BCUT2D eigenvalue weighted by atomic mass is 16.1. The van der Waals surface area contributed by atoms with Crippen molar-refractivity contribution in [2.45, 2.75) is 46.7 Å². The van der Waals surface area contributed by atoms with Crippen LogP contribution in [0, 0.1) is 13.8 Å². The van der Waals surface area contributed by atoms with Gasteiger partial charge < -0.3 is 5.73 Å². The average Bonchev–Trinajstić information content (AvgIpc) is 2.41. The first-order valence-corrected chi connectivity index (χ1v) is 7.39. The standard InChI is InChI=1S/C17H23N3O/c1-5-8-20-17(21)15(13(4)18)10-16(19-20)14-7-6-11(2)9-12(14)3/h6-7,9-10,13H,5,8,18H2,1-4H3. The van der Waals surface area contributed by atoms with Crippen molar-refractivity contribution < 1.29 is 0 Å². The summed E-state index contributed by atoms with van der Waals surface area (Å²) >= 11 is 0. The summed E-state index contributed by atoms with van der Waals surface area (Å²) in [5.41, 5.74) is 10.7. The fraction of sp³-hybridized carbons (Fsp3) is 0.412. The van der Waals surface area contributed by atoms with Crippen LogP contribution in [0.1, 0.15) is 43.0 Å². The average molecular weight is 285 g/mol. The third-order valence-corrected chi connectivity index (χ3v) is 3.59. The first kappa shape index (κ1) is 15.4. The molecule has 1 atom stereocenters. The molecule has 1 aromatic heterocycles. The van der Waals surface area contributed by atoms with Gasteiger partial charge in [0, 0.05) is 23.7 Å². The number of nitrogens with two attached hydrogens (primary N) is 1. The zero-order chi connectivity index (χ0) is 15.6. The van der Waals surface area contributed by atoms with Crippen LogP contribution >= 0.6 is 0 Å². The van der Waals surface area contributed by atoms with E-state index in [1.807, 2.05) is 19.9 Å². The van der Waals surface area contributed by atoms with Crippen molar-refractivity contribution in [2.24, 2.45) is 5.73 Å². The number of hydrogen-bond acceptors (Lipinski definition) is 3. The fourth-order valence-electron chi connectivity index (χ4n) is 2.48. The fourth-order valence-corrected chi connectivity index (χ4v) is 2.48. The van der Waals surface area contributed by atoms with Gasteiger partial charge in [-0.3, -0.25) is 4.79 Å². The molecule has 4 nitrogen and oxygen atoms in total. The minimum absolute atomic E-state index is 0.0830. The Morgan fingerprint density at radius 2 is 2.00 bits per heavy atom. The Balaban J connectivity index is 2.65. The van der Waals surface area contributed by atoms with E-state index in [2.05, 4.69) is 37.1 Å². The first-order valence-electron chi connectivity index (χ1n) is 7.39. The Bertz CT molecular complexity index is 702. The van der Waals surface area contributed by atoms with E-state index in [1.54, 1.807) is 0 Å². The molecule has 2 aromatic rings. The van der Waals surface area contributed by atoms with Gasteiger partial charge in [-0.25, -0.2) is 4.68 Å². The number of rotatable bonds is 4. The summed E-state index contributed by atoms with van der Waals surface area (Å²) in [7, 11) is 0. The molecule has 0 spiro atoms. The molecule has 2 N–H and O–H groups in total. The Labute approximate surface area is 125 Å². The molecule has 2 rings (SSSR count). The predicted octanol–water partition coefficient (Wildman–Crippen LogP) is 2.96. The summed E-state index contributed by atoms with van der Waals surface area (Å²) in [5, 5.41) is 4.51. The molecule has 21 heavy (non-hydrogen) atoms. The lowest BCUT2D eigenvalue weighted by Crippen LogP contribution is -2.29. The Morgan fingerprint density at radius 1 is 1.29 bits per heavy atom. The van der Waals surface area contributed by atoms with E-state index in [-0.39, 0.29) is 11.6 Å². The molecule has 0 aliphatic heterocycles. The Kier molecular flexibility index (Phi) is 4.58. The molecule has 0 fully saturated rings. The van der Waals surface area contributed by atoms with Crippen LogP contribution in [0.25, 0.3) is 11.3 Å². The quantitative estimate of drug-likeness (QED) is 0.939. The summed E-state index contributed by atoms with van der Waals surface area (Å²) in [5.74, 6) is 0. The topological polar surface area (TPSA) is 60.9 Å². The molecule has 0 bridgehead atoms. The highest BCUT2D eigenvalue weighted by molar-refractivity contribution is 5.64. The molecule has 0 radical (unpaired) electrons. The predicted molar refractivity (Wildman–Crippen MR) is 86.3 cm³/mol. The lowest BCUT2D eigenvalue weighted by atomic mass is 10.0. The first-order chi connectivity index (χ1) is 9.93. The van der Waals surface area contributed by atoms with Crippen LogP contribution in [0.4, 0.5) is 0 Å². The van der Waals surface area contributed by atoms with E-state index in [9.17, 15) is 4.79 Å². The van der Waals surface area contributed by atoms with Crippen molar-refractivity contribution >= 4 is 0 Å². The second-order valence-electron chi connectivity index (χ2n) is 5.62. The molecule has 0 aliphatic carbocycles. The van der Waals surface area contributed by atoms with Crippen molar-refractivity contribution in [3.8, 4) is 11.3 Å². The molecule has 0 amide bonds. The van der Waals surface area contributed by atoms with Crippen molar-refractivity contribution in [2.75, 3.05) is 0 Å². The van der Waals surface area contributed by atoms with Crippen LogP contribution in [-0.4, -0.2) is 9.78 Å². The maximum absolute atomic E-state index is 12.3. The lowest BCUT2D eigenvalue weighted by molar-refractivity contribution is 0.558. The molecule has 1 aromatic carbocycles. The zero-order valence-electron chi connectivity index (χ0n) is 13.2. The van der Waals surface area contributed by atoms with Gasteiger partial charge in [0.2, 0.25) is 0 Å². The van der Waals surface area contributed by atoms with Gasteiger partial charge in [-0.1, -0.05) is 30.7 Å². The summed E-state index contributed by atoms with van der Waals surface area (Å²) in [4.78, 5) is 12.3. The molecule has 0 saturated heterocycles. The van der Waals surface area contributed by atoms with E-state index in [1.165, 1.54) is 10.2 Å². The van der Waals surface area contributed by atoms with E-state index < -0.39 is 0 Å². The minimum atomic E-state index is -0.298. The van der Waals surface area contributed by atoms with E-state index in [0.717, 1.165) is 23.2 Å². The highest BCUT2D eigenvalue weighted by Crippen LogP contribution is 2.23. The molecule has 0 saturated carbocycles. The molecule has 1 unspecified atom stereocenters. The van der Waals surface area contributed by atoms with Crippen molar-refractivity contribution in [3.63, 3.8) is 0 Å². The largest absolute Gasteiger partial charge is 0.324 e. The number of nitrogens with zero attached hydrogens (tertiary/aromatic N) is 2. The van der Waals surface area contributed by atoms with Crippen molar-refractivity contribution in [1.82, 2.24) is 9.78 Å². The van der Waals surface area contributed by atoms with Gasteiger partial charge in [0.15, 0.2) is 0 Å². The van der Waals surface area contributed by atoms with Crippen molar-refractivity contribution in [1.29, 1.82) is 0 Å². The monoisotopic (exact) mass is 285 g/mol. The van der Waals surface area contributed by atoms with Gasteiger partial charge in [-0.05, 0) is 38.8 Å². The number of hydrogen-bond donors (Lipinski definition) is 1. The summed E-state index contributed by atoms with van der Waals surface area (Å²) in [6.45, 7) is 8.60. The molecular formula is C17H23N3O. The van der Waals surface area contributed by atoms with Crippen LogP contribution in [0.2, 0.25) is 0 Å². The van der Waals surface area contributed by atoms with Gasteiger partial charge >= 0.3 is 0 Å². The van der Waals surface area contributed by atoms with Crippen LogP contribution in [0.3, 0.4) is 0 Å². The maximum Gasteiger partial charge on any atom is 0.271 e. The van der Waals surface area contributed by atoms with Crippen LogP contribution in [0.15, 0.2) is 29.1 Å². The number of aryl methyl sites for hydroxylation is 3. The molecule has 1 heterocycles. The minimum Gasteiger partial charge on any atom is -0.324 e. The molecule has 4 heteroatoms. The normalized spacial score (nSPS) is 12.4. The van der Waals surface area contributed by atoms with Crippen molar-refractivity contribution in [3.05, 3.63) is 51.3 Å². The lowest BCUT2D eigenvalue weighted by Gasteiger charge is -2.13. The molecule has 0 aliphatic rings. The van der Waals surface area contributed by atoms with Gasteiger partial charge in [-0.15, -0.1) is 0 Å². The van der Waals surface area contributed by atoms with Gasteiger partial charge in [0.25, 0.3) is 5.56 Å². The number of aromatic nitrogens is 2. The van der Waals surface area contributed by atoms with Gasteiger partial charge in [0.1, 0.15) is 0 Å². The van der Waals surface area contributed by atoms with Gasteiger partial charge in [0.05, 0.1) is 5.69 Å². The molecule has 112 valence electrons. The van der Waals surface area contributed by atoms with Crippen LogP contribution in [-0.2, 0) is 6.54 Å². The third-order valence-electron chi connectivity index (χ3n) is 3.59. The Hall–Kier alpha value is -1.94. The van der Waals surface area contributed by atoms with E-state index in [4.69, 9.17) is 5.73 Å². The number of benzene rings is 1. The smallest absolute Gasteiger partial charge is 0.271 e. The highest BCUT2D eigenvalue weighted by Gasteiger charge is 2.13. The van der Waals surface area contributed by atoms with E-state index in [0.29, 0.717) is 12.1 Å². The van der Waals surface area contributed by atoms with Crippen LogP contribution < -0.4 is 11.3 Å². The molecular weight excluding hydrogens is 262 g/mol. The second kappa shape index (κ2) is 6.22.